The number of nitrogens with one attached hydrogen (secondary N) is 1. The molecule has 1 aliphatic heterocycles. The smallest absolute Gasteiger partial charge is 0.313 e. The van der Waals surface area contributed by atoms with Crippen molar-refractivity contribution < 1.29 is 9.53 Å². The zero-order chi connectivity index (χ0) is 13.4. The van der Waals surface area contributed by atoms with E-state index in [9.17, 15) is 4.79 Å². The lowest BCUT2D eigenvalue weighted by molar-refractivity contribution is 0.244. The first-order valence-electron chi connectivity index (χ1n) is 6.15. The van der Waals surface area contributed by atoms with Gasteiger partial charge in [-0.25, -0.2) is 4.79 Å². The minimum absolute atomic E-state index is 0.280. The van der Waals surface area contributed by atoms with Crippen LogP contribution >= 0.6 is 0 Å². The summed E-state index contributed by atoms with van der Waals surface area (Å²) in [6.45, 7) is 2.83. The molecule has 1 atom stereocenters. The Morgan fingerprint density at radius 2 is 2.33 bits per heavy atom. The summed E-state index contributed by atoms with van der Waals surface area (Å²) < 4.78 is 5.18. The molecule has 0 aliphatic carbocycles. The number of carbonyl (C=O) groups excluding carboxylic acids is 1. The molecule has 0 radical (unpaired) electrons. The Morgan fingerprint density at radius 3 is 2.89 bits per heavy atom. The van der Waals surface area contributed by atoms with Gasteiger partial charge in [-0.15, -0.1) is 0 Å². The molecule has 100 valence electrons. The molecule has 1 aliphatic rings. The van der Waals surface area contributed by atoms with E-state index >= 15 is 0 Å². The zero-order valence-corrected chi connectivity index (χ0v) is 10.7. The molecule has 0 spiro atoms. The van der Waals surface area contributed by atoms with Gasteiger partial charge >= 0.3 is 6.03 Å². The lowest BCUT2D eigenvalue weighted by Crippen LogP contribution is -2.44. The molecular formula is C13H21N3O2. The number of hydrogen-bond donors (Lipinski definition) is 3. The molecule has 0 aromatic heterocycles. The standard InChI is InChI=1S/C7H6O.C6H15N3O/c1-2-6-4-7(3-1)8-5-6;1-2-3-4-5(7)9-6(8)10/h1-4H,5H2;5H,2-4,7H2,1H3,(H3,8,9,10). The van der Waals surface area contributed by atoms with Crippen molar-refractivity contribution in [1.29, 1.82) is 0 Å². The molecule has 1 unspecified atom stereocenters. The lowest BCUT2D eigenvalue weighted by atomic mass is 10.2. The summed E-state index contributed by atoms with van der Waals surface area (Å²) in [6.07, 6.45) is 2.60. The van der Waals surface area contributed by atoms with Gasteiger partial charge in [-0.2, -0.15) is 0 Å². The fraction of sp³-hybridized carbons (Fsp3) is 0.462. The van der Waals surface area contributed by atoms with Crippen molar-refractivity contribution in [3.05, 3.63) is 29.8 Å². The van der Waals surface area contributed by atoms with E-state index in [1.165, 1.54) is 5.56 Å². The van der Waals surface area contributed by atoms with Gasteiger partial charge in [0.15, 0.2) is 0 Å². The van der Waals surface area contributed by atoms with E-state index in [1.54, 1.807) is 0 Å². The van der Waals surface area contributed by atoms with Crippen LogP contribution in [0.1, 0.15) is 31.7 Å². The summed E-state index contributed by atoms with van der Waals surface area (Å²) in [7, 11) is 0. The van der Waals surface area contributed by atoms with Crippen LogP contribution < -0.4 is 21.5 Å². The van der Waals surface area contributed by atoms with Gasteiger partial charge < -0.3 is 21.5 Å². The Kier molecular flexibility index (Phi) is 6.00. The van der Waals surface area contributed by atoms with Crippen molar-refractivity contribution in [3.63, 3.8) is 0 Å². The maximum Gasteiger partial charge on any atom is 0.313 e. The summed E-state index contributed by atoms with van der Waals surface area (Å²) in [5.41, 5.74) is 11.6. The van der Waals surface area contributed by atoms with Crippen molar-refractivity contribution in [1.82, 2.24) is 5.32 Å². The summed E-state index contributed by atoms with van der Waals surface area (Å²) >= 11 is 0. The number of fused-ring (bicyclic) bond motifs is 2. The summed E-state index contributed by atoms with van der Waals surface area (Å²) in [6, 6.07) is 7.55. The van der Waals surface area contributed by atoms with Crippen LogP contribution in [0.25, 0.3) is 0 Å². The van der Waals surface area contributed by atoms with Gasteiger partial charge in [0.2, 0.25) is 0 Å². The van der Waals surface area contributed by atoms with Crippen molar-refractivity contribution >= 4 is 6.03 Å². The fourth-order valence-corrected chi connectivity index (χ4v) is 1.57. The SMILES string of the molecule is CCCCC(N)NC(N)=O.c1cc2cc(c1)OC2. The van der Waals surface area contributed by atoms with E-state index in [0.717, 1.165) is 31.6 Å². The predicted octanol–water partition coefficient (Wildman–Crippen LogP) is 1.71. The monoisotopic (exact) mass is 251 g/mol. The Labute approximate surface area is 107 Å². The molecule has 5 nitrogen and oxygen atoms in total. The third kappa shape index (κ3) is 5.54. The summed E-state index contributed by atoms with van der Waals surface area (Å²) in [5, 5.41) is 2.39. The van der Waals surface area contributed by atoms with Crippen LogP contribution in [0.15, 0.2) is 24.3 Å². The molecular weight excluding hydrogens is 230 g/mol. The molecule has 2 rings (SSSR count). The number of benzene rings is 1. The number of nitrogens with two attached hydrogens (primary N) is 2. The summed E-state index contributed by atoms with van der Waals surface area (Å²) in [4.78, 5) is 10.2. The van der Waals surface area contributed by atoms with Gasteiger partial charge in [0, 0.05) is 0 Å². The van der Waals surface area contributed by atoms with E-state index in [4.69, 9.17) is 16.2 Å². The van der Waals surface area contributed by atoms with Gasteiger partial charge in [-0.05, 0) is 24.1 Å². The van der Waals surface area contributed by atoms with Gasteiger partial charge in [0.25, 0.3) is 0 Å². The highest BCUT2D eigenvalue weighted by Gasteiger charge is 2.03. The first kappa shape index (κ1) is 14.3. The van der Waals surface area contributed by atoms with Crippen LogP contribution in [0, 0.1) is 0 Å². The van der Waals surface area contributed by atoms with Crippen LogP contribution in [0.5, 0.6) is 5.75 Å². The Balaban J connectivity index is 0.000000182. The van der Waals surface area contributed by atoms with Crippen LogP contribution in [0.3, 0.4) is 0 Å². The lowest BCUT2D eigenvalue weighted by Gasteiger charge is -2.10. The molecule has 18 heavy (non-hydrogen) atoms. The highest BCUT2D eigenvalue weighted by molar-refractivity contribution is 5.71. The molecule has 2 bridgehead atoms. The molecule has 2 amide bonds. The third-order valence-corrected chi connectivity index (χ3v) is 2.50. The van der Waals surface area contributed by atoms with E-state index < -0.39 is 6.03 Å². The fourth-order valence-electron chi connectivity index (χ4n) is 1.57. The minimum atomic E-state index is -0.552. The third-order valence-electron chi connectivity index (χ3n) is 2.50. The number of rotatable bonds is 4. The molecule has 1 aromatic carbocycles. The van der Waals surface area contributed by atoms with Gasteiger partial charge in [-0.3, -0.25) is 0 Å². The zero-order valence-electron chi connectivity index (χ0n) is 10.7. The number of primary amides is 1. The van der Waals surface area contributed by atoms with Crippen molar-refractivity contribution in [3.8, 4) is 5.75 Å². The predicted molar refractivity (Wildman–Crippen MR) is 71.0 cm³/mol. The second-order valence-electron chi connectivity index (χ2n) is 4.19. The molecule has 5 heteroatoms. The molecule has 0 saturated heterocycles. The number of unbranched alkanes of at least 4 members (excludes halogenated alkanes) is 1. The minimum Gasteiger partial charge on any atom is -0.489 e. The van der Waals surface area contributed by atoms with Gasteiger partial charge in [-0.1, -0.05) is 31.9 Å². The topological polar surface area (TPSA) is 90.4 Å². The molecule has 1 aromatic rings. The van der Waals surface area contributed by atoms with Crippen LogP contribution in [-0.2, 0) is 6.61 Å². The first-order chi connectivity index (χ1) is 8.61. The maximum atomic E-state index is 10.2. The molecule has 0 saturated carbocycles. The first-order valence-corrected chi connectivity index (χ1v) is 6.15. The quantitative estimate of drug-likeness (QED) is 0.711. The highest BCUT2D eigenvalue weighted by atomic mass is 16.5. The molecule has 1 heterocycles. The number of urea groups is 1. The van der Waals surface area contributed by atoms with E-state index in [-0.39, 0.29) is 6.17 Å². The number of amides is 2. The normalized spacial score (nSPS) is 13.0. The Hall–Kier alpha value is -1.75. The molecule has 0 fully saturated rings. The van der Waals surface area contributed by atoms with Gasteiger partial charge in [0.05, 0.1) is 6.17 Å². The number of carbonyl (C=O) groups is 1. The van der Waals surface area contributed by atoms with Crippen LogP contribution in [-0.4, -0.2) is 12.2 Å². The average molecular weight is 251 g/mol. The van der Waals surface area contributed by atoms with Crippen molar-refractivity contribution in [2.24, 2.45) is 11.5 Å². The Morgan fingerprint density at radius 1 is 1.56 bits per heavy atom. The van der Waals surface area contributed by atoms with E-state index in [1.807, 2.05) is 12.1 Å². The second-order valence-corrected chi connectivity index (χ2v) is 4.19. The maximum absolute atomic E-state index is 10.2. The number of ether oxygens (including phenoxy) is 1. The van der Waals surface area contributed by atoms with Gasteiger partial charge in [0.1, 0.15) is 12.4 Å². The van der Waals surface area contributed by atoms with E-state index in [2.05, 4.69) is 24.4 Å². The van der Waals surface area contributed by atoms with E-state index in [0.29, 0.717) is 0 Å². The van der Waals surface area contributed by atoms with Crippen molar-refractivity contribution in [2.75, 3.05) is 0 Å². The second kappa shape index (κ2) is 7.55. The Bertz CT molecular complexity index is 363. The summed E-state index contributed by atoms with van der Waals surface area (Å²) in [5.74, 6) is 1.00. The van der Waals surface area contributed by atoms with Crippen LogP contribution in [0.4, 0.5) is 4.79 Å². The highest BCUT2D eigenvalue weighted by Crippen LogP contribution is 2.20. The average Bonchev–Trinajstić information content (AvgIpc) is 2.66. The number of hydrogen-bond acceptors (Lipinski definition) is 3. The molecule has 5 N–H and O–H groups in total. The largest absolute Gasteiger partial charge is 0.489 e. The van der Waals surface area contributed by atoms with Crippen molar-refractivity contribution in [2.45, 2.75) is 39.0 Å². The van der Waals surface area contributed by atoms with Crippen LogP contribution in [0.2, 0.25) is 0 Å².